The lowest BCUT2D eigenvalue weighted by molar-refractivity contribution is 1.44. The van der Waals surface area contributed by atoms with Crippen molar-refractivity contribution in [1.29, 1.82) is 0 Å². The lowest BCUT2D eigenvalue weighted by Gasteiger charge is -2.14. The summed E-state index contributed by atoms with van der Waals surface area (Å²) < 4.78 is 0. The third-order valence-electron chi connectivity index (χ3n) is 2.53. The zero-order valence-corrected chi connectivity index (χ0v) is 13.8. The molecule has 6 heteroatoms. The Morgan fingerprint density at radius 2 is 1.75 bits per heavy atom. The third-order valence-corrected chi connectivity index (χ3v) is 4.10. The lowest BCUT2D eigenvalue weighted by Crippen LogP contribution is -2.19. The van der Waals surface area contributed by atoms with E-state index in [1.54, 1.807) is 30.0 Å². The summed E-state index contributed by atoms with van der Waals surface area (Å²) in [4.78, 5) is 1.12. The Kier molecular flexibility index (Phi) is 5.54. The van der Waals surface area contributed by atoms with Crippen LogP contribution in [-0.2, 0) is 0 Å². The van der Waals surface area contributed by atoms with Crippen LogP contribution in [0.5, 0.6) is 0 Å². The average Bonchev–Trinajstić information content (AvgIpc) is 2.43. The minimum absolute atomic E-state index is 0.468. The number of para-hydroxylation sites is 1. The van der Waals surface area contributed by atoms with E-state index in [2.05, 4.69) is 10.6 Å². The van der Waals surface area contributed by atoms with Crippen molar-refractivity contribution in [2.75, 3.05) is 16.9 Å². The number of hydrogen-bond donors (Lipinski definition) is 2. The number of hydrogen-bond acceptors (Lipinski definition) is 2. The number of halogens is 2. The van der Waals surface area contributed by atoms with Crippen LogP contribution >= 0.6 is 47.2 Å². The van der Waals surface area contributed by atoms with Gasteiger partial charge in [-0.2, -0.15) is 0 Å². The van der Waals surface area contributed by atoms with Crippen LogP contribution in [0.1, 0.15) is 0 Å². The molecule has 2 aromatic rings. The molecule has 0 heterocycles. The fourth-order valence-electron chi connectivity index (χ4n) is 1.62. The Hall–Kier alpha value is -0.940. The number of rotatable bonds is 3. The van der Waals surface area contributed by atoms with Gasteiger partial charge in [0, 0.05) is 9.92 Å². The molecule has 104 valence electrons. The van der Waals surface area contributed by atoms with Gasteiger partial charge in [0.1, 0.15) is 0 Å². The third kappa shape index (κ3) is 4.03. The molecule has 0 saturated heterocycles. The van der Waals surface area contributed by atoms with Crippen LogP contribution in [0.3, 0.4) is 0 Å². The van der Waals surface area contributed by atoms with E-state index in [4.69, 9.17) is 35.4 Å². The molecule has 2 aromatic carbocycles. The first kappa shape index (κ1) is 15.4. The van der Waals surface area contributed by atoms with E-state index in [1.165, 1.54) is 0 Å². The van der Waals surface area contributed by atoms with E-state index in [0.29, 0.717) is 20.8 Å². The zero-order valence-electron chi connectivity index (χ0n) is 10.6. The standard InChI is InChI=1S/C14H12Cl2N2S2/c1-20-13-5-3-2-4-11(13)17-14(19)18-12-8-9(15)6-7-10(12)16/h2-8H,1H3,(H2,17,18,19). The van der Waals surface area contributed by atoms with Crippen molar-refractivity contribution in [2.24, 2.45) is 0 Å². The Labute approximate surface area is 137 Å². The SMILES string of the molecule is CSc1ccccc1NC(=S)Nc1cc(Cl)ccc1Cl. The van der Waals surface area contributed by atoms with Gasteiger partial charge in [-0.05, 0) is 48.8 Å². The van der Waals surface area contributed by atoms with Crippen molar-refractivity contribution in [3.05, 3.63) is 52.5 Å². The minimum Gasteiger partial charge on any atom is -0.332 e. The van der Waals surface area contributed by atoms with Gasteiger partial charge in [-0.25, -0.2) is 0 Å². The monoisotopic (exact) mass is 342 g/mol. The van der Waals surface area contributed by atoms with Gasteiger partial charge in [0.15, 0.2) is 5.11 Å². The molecule has 0 aliphatic rings. The van der Waals surface area contributed by atoms with Crippen molar-refractivity contribution < 1.29 is 0 Å². The van der Waals surface area contributed by atoms with Gasteiger partial charge in [0.25, 0.3) is 0 Å². The minimum atomic E-state index is 0.468. The Balaban J connectivity index is 2.11. The van der Waals surface area contributed by atoms with Crippen molar-refractivity contribution in [3.8, 4) is 0 Å². The number of anilines is 2. The molecule has 0 aromatic heterocycles. The second-order valence-electron chi connectivity index (χ2n) is 3.90. The molecule has 0 radical (unpaired) electrons. The Morgan fingerprint density at radius 1 is 1.05 bits per heavy atom. The quantitative estimate of drug-likeness (QED) is 0.566. The molecule has 0 fully saturated rings. The molecular formula is C14H12Cl2N2S2. The largest absolute Gasteiger partial charge is 0.332 e. The number of benzene rings is 2. The molecule has 0 bridgehead atoms. The maximum atomic E-state index is 6.09. The van der Waals surface area contributed by atoms with E-state index in [-0.39, 0.29) is 0 Å². The maximum Gasteiger partial charge on any atom is 0.175 e. The molecule has 2 nitrogen and oxygen atoms in total. The highest BCUT2D eigenvalue weighted by molar-refractivity contribution is 7.98. The highest BCUT2D eigenvalue weighted by Crippen LogP contribution is 2.27. The van der Waals surface area contributed by atoms with Crippen molar-refractivity contribution in [2.45, 2.75) is 4.90 Å². The zero-order chi connectivity index (χ0) is 14.5. The molecular weight excluding hydrogens is 331 g/mol. The first-order valence-corrected chi connectivity index (χ1v) is 8.15. The smallest absolute Gasteiger partial charge is 0.175 e. The summed E-state index contributed by atoms with van der Waals surface area (Å²) >= 11 is 19.0. The van der Waals surface area contributed by atoms with E-state index < -0.39 is 0 Å². The van der Waals surface area contributed by atoms with Gasteiger partial charge >= 0.3 is 0 Å². The molecule has 0 atom stereocenters. The van der Waals surface area contributed by atoms with Crippen LogP contribution in [0.25, 0.3) is 0 Å². The van der Waals surface area contributed by atoms with Crippen LogP contribution in [0.4, 0.5) is 11.4 Å². The Bertz CT molecular complexity index is 632. The van der Waals surface area contributed by atoms with E-state index >= 15 is 0 Å². The molecule has 20 heavy (non-hydrogen) atoms. The van der Waals surface area contributed by atoms with Crippen molar-refractivity contribution >= 4 is 63.7 Å². The highest BCUT2D eigenvalue weighted by atomic mass is 35.5. The number of thiocarbonyl (C=S) groups is 1. The summed E-state index contributed by atoms with van der Waals surface area (Å²) in [7, 11) is 0. The maximum absolute atomic E-state index is 6.09. The Morgan fingerprint density at radius 3 is 2.50 bits per heavy atom. The fraction of sp³-hybridized carbons (Fsp3) is 0.0714. The molecule has 0 amide bonds. The van der Waals surface area contributed by atoms with Crippen LogP contribution in [-0.4, -0.2) is 11.4 Å². The normalized spacial score (nSPS) is 10.2. The highest BCUT2D eigenvalue weighted by Gasteiger charge is 2.06. The fourth-order valence-corrected chi connectivity index (χ4v) is 2.73. The molecule has 0 spiro atoms. The lowest BCUT2D eigenvalue weighted by atomic mass is 10.3. The molecule has 0 aliphatic carbocycles. The summed E-state index contributed by atoms with van der Waals surface area (Å²) in [6, 6.07) is 13.1. The molecule has 2 rings (SSSR count). The predicted molar refractivity (Wildman–Crippen MR) is 94.5 cm³/mol. The summed E-state index contributed by atoms with van der Waals surface area (Å²) in [6.45, 7) is 0. The summed E-state index contributed by atoms with van der Waals surface area (Å²) in [5.41, 5.74) is 1.63. The number of nitrogens with one attached hydrogen (secondary N) is 2. The van der Waals surface area contributed by atoms with Crippen LogP contribution in [0, 0.1) is 0 Å². The van der Waals surface area contributed by atoms with Gasteiger partial charge in [0.2, 0.25) is 0 Å². The average molecular weight is 343 g/mol. The van der Waals surface area contributed by atoms with Crippen LogP contribution in [0.2, 0.25) is 10.0 Å². The summed E-state index contributed by atoms with van der Waals surface area (Å²) in [5, 5.41) is 7.84. The van der Waals surface area contributed by atoms with Gasteiger partial charge in [0.05, 0.1) is 16.4 Å². The van der Waals surface area contributed by atoms with E-state index in [0.717, 1.165) is 10.6 Å². The number of thioether (sulfide) groups is 1. The summed E-state index contributed by atoms with van der Waals surface area (Å²) in [5.74, 6) is 0. The van der Waals surface area contributed by atoms with Crippen LogP contribution < -0.4 is 10.6 Å². The van der Waals surface area contributed by atoms with Gasteiger partial charge in [-0.15, -0.1) is 11.8 Å². The van der Waals surface area contributed by atoms with Crippen molar-refractivity contribution in [1.82, 2.24) is 0 Å². The van der Waals surface area contributed by atoms with Crippen molar-refractivity contribution in [3.63, 3.8) is 0 Å². The van der Waals surface area contributed by atoms with Gasteiger partial charge in [-0.3, -0.25) is 0 Å². The molecule has 0 unspecified atom stereocenters. The predicted octanol–water partition coefficient (Wildman–Crippen LogP) is 5.52. The van der Waals surface area contributed by atoms with Gasteiger partial charge in [-0.1, -0.05) is 35.3 Å². The van der Waals surface area contributed by atoms with E-state index in [1.807, 2.05) is 30.5 Å². The second-order valence-corrected chi connectivity index (χ2v) is 6.00. The summed E-state index contributed by atoms with van der Waals surface area (Å²) in [6.07, 6.45) is 2.02. The second kappa shape index (κ2) is 7.18. The molecule has 0 aliphatic heterocycles. The first-order valence-electron chi connectivity index (χ1n) is 5.76. The van der Waals surface area contributed by atoms with Crippen LogP contribution in [0.15, 0.2) is 47.4 Å². The topological polar surface area (TPSA) is 24.1 Å². The first-order chi connectivity index (χ1) is 9.60. The molecule has 0 saturated carbocycles. The molecule has 2 N–H and O–H groups in total. The van der Waals surface area contributed by atoms with E-state index in [9.17, 15) is 0 Å². The van der Waals surface area contributed by atoms with Gasteiger partial charge < -0.3 is 10.6 Å².